The number of aromatic nitrogens is 2. The molecule has 0 saturated carbocycles. The van der Waals surface area contributed by atoms with Crippen molar-refractivity contribution in [1.82, 2.24) is 14.5 Å². The Balaban J connectivity index is 1.79. The monoisotopic (exact) mass is 475 g/mol. The van der Waals surface area contributed by atoms with Gasteiger partial charge in [0, 0.05) is 25.2 Å². The molecule has 1 amide bonds. The number of carbonyl (C=O) groups excluding carboxylic acids is 1. The Labute approximate surface area is 191 Å². The number of thioether (sulfide) groups is 1. The van der Waals surface area contributed by atoms with Crippen molar-refractivity contribution in [1.29, 1.82) is 0 Å². The lowest BCUT2D eigenvalue weighted by Gasteiger charge is -2.24. The largest absolute Gasteiger partial charge is 0.341 e. The number of benzene rings is 2. The van der Waals surface area contributed by atoms with Gasteiger partial charge in [0.2, 0.25) is 5.91 Å². The van der Waals surface area contributed by atoms with Crippen molar-refractivity contribution in [3.8, 4) is 0 Å². The second-order valence-corrected chi connectivity index (χ2v) is 9.54. The van der Waals surface area contributed by atoms with E-state index in [0.29, 0.717) is 17.2 Å². The number of rotatable bonds is 6. The summed E-state index contributed by atoms with van der Waals surface area (Å²) in [6.07, 6.45) is 1.96. The Kier molecular flexibility index (Phi) is 6.63. The van der Waals surface area contributed by atoms with E-state index in [-0.39, 0.29) is 16.9 Å². The summed E-state index contributed by atoms with van der Waals surface area (Å²) in [5.41, 5.74) is -2.61. The molecule has 3 aromatic rings. The molecule has 1 aliphatic rings. The fourth-order valence-electron chi connectivity index (χ4n) is 3.87. The third kappa shape index (κ3) is 4.57. The van der Waals surface area contributed by atoms with Crippen molar-refractivity contribution in [2.45, 2.75) is 42.4 Å². The van der Waals surface area contributed by atoms with Crippen molar-refractivity contribution in [2.75, 3.05) is 13.1 Å². The van der Waals surface area contributed by atoms with Crippen LogP contribution in [0.5, 0.6) is 0 Å². The first kappa shape index (κ1) is 22.9. The molecule has 32 heavy (non-hydrogen) atoms. The van der Waals surface area contributed by atoms with Crippen LogP contribution in [0.15, 0.2) is 58.5 Å². The van der Waals surface area contributed by atoms with Gasteiger partial charge in [-0.2, -0.15) is 8.78 Å². The summed E-state index contributed by atoms with van der Waals surface area (Å²) in [6.45, 7) is 3.55. The van der Waals surface area contributed by atoms with E-state index < -0.39 is 16.5 Å². The molecule has 168 valence electrons. The highest BCUT2D eigenvalue weighted by Crippen LogP contribution is 2.38. The quantitative estimate of drug-likeness (QED) is 0.292. The van der Waals surface area contributed by atoms with Gasteiger partial charge >= 0.3 is 0 Å². The minimum absolute atomic E-state index is 0.00584. The third-order valence-corrected chi connectivity index (χ3v) is 7.15. The van der Waals surface area contributed by atoms with E-state index in [9.17, 15) is 18.4 Å². The average Bonchev–Trinajstić information content (AvgIpc) is 3.32. The average molecular weight is 476 g/mol. The molecule has 1 fully saturated rings. The minimum Gasteiger partial charge on any atom is -0.341 e. The van der Waals surface area contributed by atoms with E-state index in [0.717, 1.165) is 31.5 Å². The first-order valence-electron chi connectivity index (χ1n) is 10.5. The van der Waals surface area contributed by atoms with Crippen LogP contribution in [0.25, 0.3) is 10.9 Å². The molecule has 2 aromatic carbocycles. The summed E-state index contributed by atoms with van der Waals surface area (Å²) in [5.74, 6) is -0.00584. The lowest BCUT2D eigenvalue weighted by molar-refractivity contribution is -0.129. The topological polar surface area (TPSA) is 55.2 Å². The normalized spacial score (nSPS) is 15.3. The van der Waals surface area contributed by atoms with Crippen molar-refractivity contribution in [3.05, 3.63) is 70.0 Å². The SMILES string of the molecule is CCn1c(SC(C(=O)N2CCCC2)c2ccccc2)nc2ccc(C(F)(F)P)cc2c1=O. The maximum absolute atomic E-state index is 13.8. The van der Waals surface area contributed by atoms with Crippen LogP contribution in [0.3, 0.4) is 0 Å². The number of nitrogens with zero attached hydrogens (tertiary/aromatic N) is 3. The van der Waals surface area contributed by atoms with Crippen LogP contribution in [-0.2, 0) is 17.0 Å². The van der Waals surface area contributed by atoms with E-state index in [2.05, 4.69) is 4.98 Å². The van der Waals surface area contributed by atoms with Gasteiger partial charge in [0.15, 0.2) is 5.16 Å². The standard InChI is InChI=1S/C23H24F2N3O2PS/c1-2-28-20(29)17-14-16(23(24,25)31)10-11-18(17)26-22(28)32-19(15-8-4-3-5-9-15)21(30)27-12-6-7-13-27/h3-5,8-11,14,19H,2,6-7,12-13,31H2,1H3. The third-order valence-electron chi connectivity index (χ3n) is 5.59. The Morgan fingerprint density at radius 2 is 1.88 bits per heavy atom. The summed E-state index contributed by atoms with van der Waals surface area (Å²) < 4.78 is 29.0. The molecule has 1 aromatic heterocycles. The molecular formula is C23H24F2N3O2PS. The zero-order valence-electron chi connectivity index (χ0n) is 17.6. The van der Waals surface area contributed by atoms with Crippen LogP contribution in [0.2, 0.25) is 0 Å². The number of amides is 1. The Bertz CT molecular complexity index is 1190. The highest BCUT2D eigenvalue weighted by atomic mass is 32.2. The van der Waals surface area contributed by atoms with Gasteiger partial charge in [0.1, 0.15) is 5.25 Å². The van der Waals surface area contributed by atoms with Gasteiger partial charge in [-0.05, 0) is 37.5 Å². The molecule has 0 aliphatic carbocycles. The Morgan fingerprint density at radius 1 is 1.19 bits per heavy atom. The summed E-state index contributed by atoms with van der Waals surface area (Å²) in [7, 11) is 1.49. The molecule has 2 atom stereocenters. The molecule has 0 spiro atoms. The van der Waals surface area contributed by atoms with Crippen LogP contribution in [0.1, 0.15) is 36.1 Å². The summed E-state index contributed by atoms with van der Waals surface area (Å²) in [5, 5.41) is -0.0122. The van der Waals surface area contributed by atoms with Crippen LogP contribution < -0.4 is 5.56 Å². The van der Waals surface area contributed by atoms with Crippen LogP contribution >= 0.6 is 21.0 Å². The lowest BCUT2D eigenvalue weighted by atomic mass is 10.1. The molecule has 1 aliphatic heterocycles. The Hall–Kier alpha value is -2.31. The van der Waals surface area contributed by atoms with Gasteiger partial charge in [-0.25, -0.2) is 4.98 Å². The smallest absolute Gasteiger partial charge is 0.283 e. The number of alkyl halides is 2. The lowest BCUT2D eigenvalue weighted by Crippen LogP contribution is -2.32. The summed E-state index contributed by atoms with van der Waals surface area (Å²) in [6, 6.07) is 13.4. The highest BCUT2D eigenvalue weighted by Gasteiger charge is 2.31. The fraction of sp³-hybridized carbons (Fsp3) is 0.348. The van der Waals surface area contributed by atoms with Gasteiger partial charge in [-0.15, -0.1) is 0 Å². The minimum atomic E-state index is -3.13. The molecule has 4 rings (SSSR count). The first-order valence-corrected chi connectivity index (χ1v) is 12.0. The summed E-state index contributed by atoms with van der Waals surface area (Å²) in [4.78, 5) is 33.0. The summed E-state index contributed by atoms with van der Waals surface area (Å²) >= 11 is 1.24. The van der Waals surface area contributed by atoms with Gasteiger partial charge in [-0.1, -0.05) is 57.4 Å². The molecule has 9 heteroatoms. The van der Waals surface area contributed by atoms with E-state index in [4.69, 9.17) is 0 Å². The van der Waals surface area contributed by atoms with E-state index in [1.165, 1.54) is 43.8 Å². The molecule has 5 nitrogen and oxygen atoms in total. The molecule has 1 saturated heterocycles. The molecule has 2 heterocycles. The van der Waals surface area contributed by atoms with Crippen molar-refractivity contribution >= 4 is 37.8 Å². The number of halogens is 2. The molecule has 0 bridgehead atoms. The van der Waals surface area contributed by atoms with Crippen molar-refractivity contribution < 1.29 is 13.6 Å². The van der Waals surface area contributed by atoms with E-state index >= 15 is 0 Å². The number of hydrogen-bond donors (Lipinski definition) is 0. The Morgan fingerprint density at radius 3 is 2.50 bits per heavy atom. The van der Waals surface area contributed by atoms with Crippen LogP contribution in [-0.4, -0.2) is 33.4 Å². The van der Waals surface area contributed by atoms with Gasteiger partial charge in [-0.3, -0.25) is 14.2 Å². The number of hydrogen-bond acceptors (Lipinski definition) is 4. The molecule has 0 N–H and O–H groups in total. The van der Waals surface area contributed by atoms with Gasteiger partial charge in [0.25, 0.3) is 11.2 Å². The van der Waals surface area contributed by atoms with Crippen molar-refractivity contribution in [2.24, 2.45) is 0 Å². The predicted molar refractivity (Wildman–Crippen MR) is 126 cm³/mol. The number of carbonyl (C=O) groups is 1. The van der Waals surface area contributed by atoms with Crippen molar-refractivity contribution in [3.63, 3.8) is 0 Å². The zero-order valence-corrected chi connectivity index (χ0v) is 19.6. The number of fused-ring (bicyclic) bond motifs is 1. The second kappa shape index (κ2) is 9.28. The first-order chi connectivity index (χ1) is 15.3. The maximum atomic E-state index is 13.8. The van der Waals surface area contributed by atoms with E-state index in [1.54, 1.807) is 6.92 Å². The predicted octanol–water partition coefficient (Wildman–Crippen LogP) is 4.80. The number of likely N-dealkylation sites (tertiary alicyclic amines) is 1. The molecular weight excluding hydrogens is 451 g/mol. The molecule has 0 radical (unpaired) electrons. The van der Waals surface area contributed by atoms with Crippen LogP contribution in [0.4, 0.5) is 8.78 Å². The molecule has 2 unspecified atom stereocenters. The second-order valence-electron chi connectivity index (χ2n) is 7.74. The van der Waals surface area contributed by atoms with Crippen LogP contribution in [0, 0.1) is 0 Å². The fourth-order valence-corrected chi connectivity index (χ4v) is 5.30. The zero-order chi connectivity index (χ0) is 22.9. The van der Waals surface area contributed by atoms with Gasteiger partial charge < -0.3 is 4.90 Å². The maximum Gasteiger partial charge on any atom is 0.283 e. The highest BCUT2D eigenvalue weighted by molar-refractivity contribution is 8.00. The van der Waals surface area contributed by atoms with Gasteiger partial charge in [0.05, 0.1) is 10.9 Å². The van der Waals surface area contributed by atoms with E-state index in [1.807, 2.05) is 35.2 Å².